The highest BCUT2D eigenvalue weighted by molar-refractivity contribution is 7.99. The van der Waals surface area contributed by atoms with Crippen LogP contribution in [0.1, 0.15) is 28.9 Å². The van der Waals surface area contributed by atoms with Gasteiger partial charge in [-0.3, -0.25) is 0 Å². The van der Waals surface area contributed by atoms with Crippen molar-refractivity contribution in [1.29, 1.82) is 0 Å². The average Bonchev–Trinajstić information content (AvgIpc) is 2.61. The van der Waals surface area contributed by atoms with Gasteiger partial charge in [-0.15, -0.1) is 0 Å². The van der Waals surface area contributed by atoms with Gasteiger partial charge < -0.3 is 10.4 Å². The van der Waals surface area contributed by atoms with Crippen molar-refractivity contribution in [3.05, 3.63) is 11.3 Å². The Bertz CT molecular complexity index is 386. The zero-order valence-corrected chi connectivity index (χ0v) is 10.7. The third kappa shape index (κ3) is 2.49. The van der Waals surface area contributed by atoms with Gasteiger partial charge in [0.2, 0.25) is 0 Å². The summed E-state index contributed by atoms with van der Waals surface area (Å²) in [6, 6.07) is 0.386. The maximum atomic E-state index is 11.1. The Morgan fingerprint density at radius 2 is 2.44 bits per heavy atom. The molecular weight excluding hydrogens is 244 g/mol. The number of carboxylic acids is 1. The lowest BCUT2D eigenvalue weighted by Crippen LogP contribution is -2.26. The van der Waals surface area contributed by atoms with Gasteiger partial charge in [0, 0.05) is 11.8 Å². The number of carbonyl (C=O) groups is 1. The molecule has 1 unspecified atom stereocenters. The lowest BCUT2D eigenvalue weighted by molar-refractivity contribution is 0.0697. The Morgan fingerprint density at radius 1 is 1.62 bits per heavy atom. The summed E-state index contributed by atoms with van der Waals surface area (Å²) in [6.45, 7) is 1.74. The van der Waals surface area contributed by atoms with E-state index in [2.05, 4.69) is 9.69 Å². The van der Waals surface area contributed by atoms with E-state index in [0.29, 0.717) is 22.3 Å². The summed E-state index contributed by atoms with van der Waals surface area (Å²) in [5, 5.41) is 13.1. The van der Waals surface area contributed by atoms with Gasteiger partial charge in [0.1, 0.15) is 10.6 Å². The number of hydrogen-bond acceptors (Lipinski definition) is 5. The first-order valence-electron chi connectivity index (χ1n) is 5.22. The van der Waals surface area contributed by atoms with Gasteiger partial charge in [-0.2, -0.15) is 16.1 Å². The van der Waals surface area contributed by atoms with E-state index in [-0.39, 0.29) is 0 Å². The summed E-state index contributed by atoms with van der Waals surface area (Å²) in [6.07, 6.45) is 2.31. The highest BCUT2D eigenvalue weighted by atomic mass is 32.2. The van der Waals surface area contributed by atoms with Crippen LogP contribution in [0.15, 0.2) is 0 Å². The van der Waals surface area contributed by atoms with Crippen molar-refractivity contribution in [2.24, 2.45) is 0 Å². The van der Waals surface area contributed by atoms with Crippen molar-refractivity contribution in [2.45, 2.75) is 25.8 Å². The highest BCUT2D eigenvalue weighted by Gasteiger charge is 2.21. The second-order valence-electron chi connectivity index (χ2n) is 3.84. The minimum absolute atomic E-state index is 0.334. The molecule has 0 radical (unpaired) electrons. The van der Waals surface area contributed by atoms with Gasteiger partial charge in [-0.1, -0.05) is 0 Å². The molecule has 1 aromatic heterocycles. The lowest BCUT2D eigenvalue weighted by atomic mass is 10.2. The van der Waals surface area contributed by atoms with Crippen LogP contribution in [0, 0.1) is 6.92 Å². The summed E-state index contributed by atoms with van der Waals surface area (Å²) in [5.41, 5.74) is 0.934. The summed E-state index contributed by atoms with van der Waals surface area (Å²) < 4.78 is 4.09. The molecule has 6 heteroatoms. The van der Waals surface area contributed by atoms with Crippen LogP contribution >= 0.6 is 23.3 Å². The lowest BCUT2D eigenvalue weighted by Gasteiger charge is -2.22. The molecule has 0 aliphatic carbocycles. The molecule has 2 N–H and O–H groups in total. The summed E-state index contributed by atoms with van der Waals surface area (Å²) in [4.78, 5) is 11.1. The van der Waals surface area contributed by atoms with Crippen molar-refractivity contribution >= 4 is 34.3 Å². The van der Waals surface area contributed by atoms with E-state index in [0.717, 1.165) is 12.2 Å². The van der Waals surface area contributed by atoms with E-state index in [4.69, 9.17) is 5.11 Å². The molecule has 1 fully saturated rings. The molecule has 0 spiro atoms. The van der Waals surface area contributed by atoms with Crippen molar-refractivity contribution in [2.75, 3.05) is 16.8 Å². The van der Waals surface area contributed by atoms with E-state index in [1.807, 2.05) is 11.8 Å². The molecule has 0 amide bonds. The maximum absolute atomic E-state index is 11.1. The number of aromatic nitrogens is 1. The molecule has 0 aromatic carbocycles. The number of hydrogen-bond donors (Lipinski definition) is 2. The highest BCUT2D eigenvalue weighted by Crippen LogP contribution is 2.28. The fourth-order valence-electron chi connectivity index (χ4n) is 1.76. The number of aromatic carboxylic acids is 1. The maximum Gasteiger partial charge on any atom is 0.340 e. The van der Waals surface area contributed by atoms with Crippen LogP contribution in [0.2, 0.25) is 0 Å². The van der Waals surface area contributed by atoms with Crippen molar-refractivity contribution in [3.8, 4) is 0 Å². The van der Waals surface area contributed by atoms with Gasteiger partial charge in [-0.25, -0.2) is 4.79 Å². The van der Waals surface area contributed by atoms with Crippen molar-refractivity contribution < 1.29 is 9.90 Å². The van der Waals surface area contributed by atoms with E-state index >= 15 is 0 Å². The first-order valence-corrected chi connectivity index (χ1v) is 7.15. The van der Waals surface area contributed by atoms with Crippen LogP contribution in [0.25, 0.3) is 0 Å². The first-order chi connectivity index (χ1) is 7.68. The molecule has 1 aliphatic rings. The standard InChI is InChI=1S/C10H14N2O2S2/c1-6-8(10(13)14)9(16-12-6)11-7-3-2-4-15-5-7/h7,11H,2-5H2,1H3,(H,13,14). The predicted molar refractivity (Wildman–Crippen MR) is 67.8 cm³/mol. The number of rotatable bonds is 3. The quantitative estimate of drug-likeness (QED) is 0.872. The molecule has 2 heterocycles. The van der Waals surface area contributed by atoms with E-state index < -0.39 is 5.97 Å². The van der Waals surface area contributed by atoms with Gasteiger partial charge in [0.15, 0.2) is 0 Å². The van der Waals surface area contributed by atoms with E-state index in [9.17, 15) is 4.79 Å². The fraction of sp³-hybridized carbons (Fsp3) is 0.600. The number of aryl methyl sites for hydroxylation is 1. The molecule has 1 saturated heterocycles. The van der Waals surface area contributed by atoms with Crippen LogP contribution in [0.5, 0.6) is 0 Å². The van der Waals surface area contributed by atoms with E-state index in [1.165, 1.54) is 23.7 Å². The Kier molecular flexibility index (Phi) is 3.70. The van der Waals surface area contributed by atoms with Gasteiger partial charge in [0.25, 0.3) is 0 Å². The molecule has 2 rings (SSSR count). The third-order valence-corrected chi connectivity index (χ3v) is 4.66. The van der Waals surface area contributed by atoms with Gasteiger partial charge in [0.05, 0.1) is 5.69 Å². The zero-order valence-electron chi connectivity index (χ0n) is 9.02. The van der Waals surface area contributed by atoms with Gasteiger partial charge >= 0.3 is 5.97 Å². The first kappa shape index (κ1) is 11.7. The number of thioether (sulfide) groups is 1. The normalized spacial score (nSPS) is 20.7. The molecule has 1 aromatic rings. The molecule has 1 aliphatic heterocycles. The zero-order chi connectivity index (χ0) is 11.5. The Balaban J connectivity index is 2.11. The number of carboxylic acid groups (broad SMARTS) is 1. The Morgan fingerprint density at radius 3 is 3.06 bits per heavy atom. The monoisotopic (exact) mass is 258 g/mol. The summed E-state index contributed by atoms with van der Waals surface area (Å²) in [7, 11) is 0. The second kappa shape index (κ2) is 5.05. The van der Waals surface area contributed by atoms with Crippen LogP contribution in [0.4, 0.5) is 5.00 Å². The number of anilines is 1. The molecular formula is C10H14N2O2S2. The average molecular weight is 258 g/mol. The fourth-order valence-corrected chi connectivity index (χ4v) is 3.70. The Labute approximate surface area is 103 Å². The van der Waals surface area contributed by atoms with Crippen molar-refractivity contribution in [1.82, 2.24) is 4.37 Å². The minimum atomic E-state index is -0.891. The SMILES string of the molecule is Cc1nsc(NC2CCCSC2)c1C(=O)O. The topological polar surface area (TPSA) is 62.2 Å². The molecule has 0 bridgehead atoms. The van der Waals surface area contributed by atoms with Gasteiger partial charge in [-0.05, 0) is 37.1 Å². The molecule has 0 saturated carbocycles. The summed E-state index contributed by atoms with van der Waals surface area (Å²) in [5.74, 6) is 1.37. The Hall–Kier alpha value is -0.750. The molecule has 4 nitrogen and oxygen atoms in total. The van der Waals surface area contributed by atoms with Crippen LogP contribution < -0.4 is 5.32 Å². The molecule has 88 valence electrons. The van der Waals surface area contributed by atoms with Crippen molar-refractivity contribution in [3.63, 3.8) is 0 Å². The minimum Gasteiger partial charge on any atom is -0.478 e. The predicted octanol–water partition coefficient (Wildman–Crippen LogP) is 2.46. The second-order valence-corrected chi connectivity index (χ2v) is 5.76. The smallest absolute Gasteiger partial charge is 0.340 e. The van der Waals surface area contributed by atoms with Crippen LogP contribution in [-0.2, 0) is 0 Å². The van der Waals surface area contributed by atoms with Crippen LogP contribution in [0.3, 0.4) is 0 Å². The van der Waals surface area contributed by atoms with E-state index in [1.54, 1.807) is 6.92 Å². The summed E-state index contributed by atoms with van der Waals surface area (Å²) >= 11 is 3.16. The largest absolute Gasteiger partial charge is 0.478 e. The molecule has 16 heavy (non-hydrogen) atoms. The van der Waals surface area contributed by atoms with Crippen LogP contribution in [-0.4, -0.2) is 33.0 Å². The number of nitrogens with one attached hydrogen (secondary N) is 1. The third-order valence-electron chi connectivity index (χ3n) is 2.57. The number of nitrogens with zero attached hydrogens (tertiary/aromatic N) is 1. The molecule has 1 atom stereocenters.